The van der Waals surface area contributed by atoms with Crippen LogP contribution in [0, 0.1) is 0 Å². The SMILES string of the molecule is CNCC(Sc1nnnn1C)c1ccccc1. The molecule has 0 saturated heterocycles. The molecular weight excluding hydrogens is 234 g/mol. The van der Waals surface area contributed by atoms with Gasteiger partial charge in [-0.2, -0.15) is 0 Å². The zero-order valence-corrected chi connectivity index (χ0v) is 10.7. The lowest BCUT2D eigenvalue weighted by atomic mass is 10.1. The Morgan fingerprint density at radius 3 is 2.71 bits per heavy atom. The van der Waals surface area contributed by atoms with Crippen molar-refractivity contribution in [3.63, 3.8) is 0 Å². The largest absolute Gasteiger partial charge is 0.318 e. The molecule has 0 radical (unpaired) electrons. The van der Waals surface area contributed by atoms with Gasteiger partial charge in [0, 0.05) is 18.8 Å². The lowest BCUT2D eigenvalue weighted by molar-refractivity contribution is 0.661. The predicted molar refractivity (Wildman–Crippen MR) is 67.8 cm³/mol. The van der Waals surface area contributed by atoms with Crippen LogP contribution >= 0.6 is 11.8 Å². The number of tetrazole rings is 1. The molecular formula is C11H15N5S. The fourth-order valence-electron chi connectivity index (χ4n) is 1.53. The molecule has 90 valence electrons. The van der Waals surface area contributed by atoms with E-state index in [1.807, 2.05) is 32.3 Å². The second-order valence-corrected chi connectivity index (χ2v) is 4.83. The van der Waals surface area contributed by atoms with Crippen LogP contribution in [-0.2, 0) is 7.05 Å². The fraction of sp³-hybridized carbons (Fsp3) is 0.364. The summed E-state index contributed by atoms with van der Waals surface area (Å²) in [6, 6.07) is 10.4. The molecule has 0 spiro atoms. The minimum atomic E-state index is 0.311. The summed E-state index contributed by atoms with van der Waals surface area (Å²) >= 11 is 1.66. The third-order valence-corrected chi connectivity index (χ3v) is 3.67. The minimum Gasteiger partial charge on any atom is -0.318 e. The first-order valence-electron chi connectivity index (χ1n) is 5.40. The van der Waals surface area contributed by atoms with Gasteiger partial charge in [0.05, 0.1) is 0 Å². The number of nitrogens with zero attached hydrogens (tertiary/aromatic N) is 4. The molecule has 17 heavy (non-hydrogen) atoms. The number of aryl methyl sites for hydroxylation is 1. The summed E-state index contributed by atoms with van der Waals surface area (Å²) in [4.78, 5) is 0. The Bertz CT molecular complexity index is 456. The van der Waals surface area contributed by atoms with Crippen molar-refractivity contribution >= 4 is 11.8 Å². The lowest BCUT2D eigenvalue weighted by Crippen LogP contribution is -2.15. The van der Waals surface area contributed by atoms with Gasteiger partial charge in [-0.1, -0.05) is 42.1 Å². The number of nitrogens with one attached hydrogen (secondary N) is 1. The summed E-state index contributed by atoms with van der Waals surface area (Å²) in [5, 5.41) is 15.8. The minimum absolute atomic E-state index is 0.311. The summed E-state index contributed by atoms with van der Waals surface area (Å²) in [6.07, 6.45) is 0. The summed E-state index contributed by atoms with van der Waals surface area (Å²) in [5.41, 5.74) is 1.27. The Balaban J connectivity index is 2.16. The van der Waals surface area contributed by atoms with Crippen LogP contribution < -0.4 is 5.32 Å². The smallest absolute Gasteiger partial charge is 0.209 e. The third kappa shape index (κ3) is 3.04. The Kier molecular flexibility index (Phi) is 4.11. The number of benzene rings is 1. The van der Waals surface area contributed by atoms with Gasteiger partial charge in [0.1, 0.15) is 0 Å². The van der Waals surface area contributed by atoms with E-state index in [-0.39, 0.29) is 0 Å². The van der Waals surface area contributed by atoms with Gasteiger partial charge < -0.3 is 5.32 Å². The highest BCUT2D eigenvalue weighted by Gasteiger charge is 2.15. The number of likely N-dealkylation sites (N-methyl/N-ethyl adjacent to an activating group) is 1. The Hall–Kier alpha value is -1.40. The van der Waals surface area contributed by atoms with Crippen molar-refractivity contribution in [2.75, 3.05) is 13.6 Å². The molecule has 2 aromatic rings. The van der Waals surface area contributed by atoms with Crippen molar-refractivity contribution < 1.29 is 0 Å². The van der Waals surface area contributed by atoms with Crippen molar-refractivity contribution in [2.24, 2.45) is 7.05 Å². The second-order valence-electron chi connectivity index (χ2n) is 3.66. The molecule has 1 heterocycles. The van der Waals surface area contributed by atoms with Crippen LogP contribution in [0.3, 0.4) is 0 Å². The van der Waals surface area contributed by atoms with Crippen LogP contribution in [0.15, 0.2) is 35.5 Å². The van der Waals surface area contributed by atoms with Crippen LogP contribution in [0.5, 0.6) is 0 Å². The van der Waals surface area contributed by atoms with Gasteiger partial charge in [0.15, 0.2) is 0 Å². The van der Waals surface area contributed by atoms with E-state index in [4.69, 9.17) is 0 Å². The highest BCUT2D eigenvalue weighted by molar-refractivity contribution is 7.99. The van der Waals surface area contributed by atoms with Gasteiger partial charge in [0.25, 0.3) is 0 Å². The first kappa shape index (κ1) is 12.1. The Morgan fingerprint density at radius 1 is 1.35 bits per heavy atom. The number of thioether (sulfide) groups is 1. The van der Waals surface area contributed by atoms with Crippen molar-refractivity contribution in [3.05, 3.63) is 35.9 Å². The molecule has 0 aliphatic heterocycles. The highest BCUT2D eigenvalue weighted by atomic mass is 32.2. The number of hydrogen-bond donors (Lipinski definition) is 1. The summed E-state index contributed by atoms with van der Waals surface area (Å²) < 4.78 is 1.69. The van der Waals surface area contributed by atoms with Crippen LogP contribution in [-0.4, -0.2) is 33.8 Å². The van der Waals surface area contributed by atoms with Gasteiger partial charge in [0.2, 0.25) is 5.16 Å². The molecule has 1 N–H and O–H groups in total. The zero-order chi connectivity index (χ0) is 12.1. The zero-order valence-electron chi connectivity index (χ0n) is 9.87. The molecule has 1 atom stereocenters. The van der Waals surface area contributed by atoms with E-state index in [1.165, 1.54) is 5.56 Å². The van der Waals surface area contributed by atoms with E-state index < -0.39 is 0 Å². The monoisotopic (exact) mass is 249 g/mol. The molecule has 5 nitrogen and oxygen atoms in total. The van der Waals surface area contributed by atoms with Crippen LogP contribution in [0.4, 0.5) is 0 Å². The van der Waals surface area contributed by atoms with Crippen molar-refractivity contribution in [1.29, 1.82) is 0 Å². The normalized spacial score (nSPS) is 12.6. The van der Waals surface area contributed by atoms with Gasteiger partial charge in [-0.15, -0.1) is 5.10 Å². The topological polar surface area (TPSA) is 55.6 Å². The maximum atomic E-state index is 4.00. The lowest BCUT2D eigenvalue weighted by Gasteiger charge is -2.15. The van der Waals surface area contributed by atoms with Crippen LogP contribution in [0.25, 0.3) is 0 Å². The molecule has 0 amide bonds. The quantitative estimate of drug-likeness (QED) is 0.809. The summed E-state index contributed by atoms with van der Waals surface area (Å²) in [7, 11) is 3.80. The maximum Gasteiger partial charge on any atom is 0.209 e. The van der Waals surface area contributed by atoms with E-state index in [2.05, 4.69) is 33.0 Å². The van der Waals surface area contributed by atoms with Gasteiger partial charge in [-0.05, 0) is 23.0 Å². The van der Waals surface area contributed by atoms with E-state index in [0.717, 1.165) is 11.7 Å². The average Bonchev–Trinajstić information content (AvgIpc) is 2.76. The van der Waals surface area contributed by atoms with E-state index in [1.54, 1.807) is 16.4 Å². The van der Waals surface area contributed by atoms with E-state index in [9.17, 15) is 0 Å². The van der Waals surface area contributed by atoms with Gasteiger partial charge >= 0.3 is 0 Å². The molecule has 1 aromatic carbocycles. The summed E-state index contributed by atoms with van der Waals surface area (Å²) in [6.45, 7) is 0.877. The molecule has 0 fully saturated rings. The van der Waals surface area contributed by atoms with Crippen LogP contribution in [0.1, 0.15) is 10.8 Å². The fourth-order valence-corrected chi connectivity index (χ4v) is 2.60. The van der Waals surface area contributed by atoms with E-state index >= 15 is 0 Å². The first-order valence-corrected chi connectivity index (χ1v) is 6.28. The first-order chi connectivity index (χ1) is 8.31. The van der Waals surface area contributed by atoms with Crippen molar-refractivity contribution in [2.45, 2.75) is 10.4 Å². The Morgan fingerprint density at radius 2 is 2.12 bits per heavy atom. The molecule has 2 rings (SSSR count). The standard InChI is InChI=1S/C11H15N5S/c1-12-8-10(9-6-4-3-5-7-9)17-11-13-14-15-16(11)2/h3-7,10,12H,8H2,1-2H3. The number of aromatic nitrogens is 4. The molecule has 6 heteroatoms. The highest BCUT2D eigenvalue weighted by Crippen LogP contribution is 2.32. The molecule has 0 aliphatic carbocycles. The maximum absolute atomic E-state index is 4.00. The number of hydrogen-bond acceptors (Lipinski definition) is 5. The predicted octanol–water partition coefficient (Wildman–Crippen LogP) is 1.26. The number of rotatable bonds is 5. The molecule has 1 unspecified atom stereocenters. The molecule has 0 bridgehead atoms. The van der Waals surface area contributed by atoms with Crippen molar-refractivity contribution in [3.8, 4) is 0 Å². The van der Waals surface area contributed by atoms with Gasteiger partial charge in [-0.3, -0.25) is 0 Å². The molecule has 0 aliphatic rings. The summed E-state index contributed by atoms with van der Waals surface area (Å²) in [5.74, 6) is 0. The Labute approximate surface area is 105 Å². The van der Waals surface area contributed by atoms with E-state index in [0.29, 0.717) is 5.25 Å². The van der Waals surface area contributed by atoms with Crippen molar-refractivity contribution in [1.82, 2.24) is 25.5 Å². The van der Waals surface area contributed by atoms with Gasteiger partial charge in [-0.25, -0.2) is 4.68 Å². The molecule has 1 aromatic heterocycles. The third-order valence-electron chi connectivity index (χ3n) is 2.39. The average molecular weight is 249 g/mol. The van der Waals surface area contributed by atoms with Crippen LogP contribution in [0.2, 0.25) is 0 Å². The molecule has 0 saturated carbocycles. The second kappa shape index (κ2) is 5.79.